The van der Waals surface area contributed by atoms with E-state index in [0.717, 1.165) is 11.5 Å². The van der Waals surface area contributed by atoms with Gasteiger partial charge >= 0.3 is 6.03 Å². The van der Waals surface area contributed by atoms with Gasteiger partial charge < -0.3 is 23.9 Å². The summed E-state index contributed by atoms with van der Waals surface area (Å²) in [5.41, 5.74) is 0. The standard InChI is InChI=1S/C17H24N4O4/c1-10(2)15(16-18-12(4)20-25-16)19-17(22)21-7-8-23-14(9-21)13-6-5-11(3)24-13/h5-6,10,14-15H,7-9H2,1-4H3,(H,19,22). The van der Waals surface area contributed by atoms with Crippen molar-refractivity contribution in [2.45, 2.75) is 39.8 Å². The number of carbonyl (C=O) groups is 1. The molecule has 2 aromatic rings. The van der Waals surface area contributed by atoms with E-state index in [2.05, 4.69) is 15.5 Å². The van der Waals surface area contributed by atoms with Gasteiger partial charge in [0.2, 0.25) is 5.89 Å². The monoisotopic (exact) mass is 348 g/mol. The number of aryl methyl sites for hydroxylation is 2. The lowest BCUT2D eigenvalue weighted by molar-refractivity contribution is -0.0269. The van der Waals surface area contributed by atoms with Crippen LogP contribution in [0.4, 0.5) is 4.79 Å². The molecule has 1 N–H and O–H groups in total. The van der Waals surface area contributed by atoms with Crippen LogP contribution in [0.2, 0.25) is 0 Å². The first-order valence-corrected chi connectivity index (χ1v) is 8.47. The van der Waals surface area contributed by atoms with Crippen molar-refractivity contribution in [3.8, 4) is 0 Å². The summed E-state index contributed by atoms with van der Waals surface area (Å²) in [6, 6.07) is 3.27. The molecule has 25 heavy (non-hydrogen) atoms. The second kappa shape index (κ2) is 7.26. The molecule has 2 amide bonds. The molecule has 0 aliphatic carbocycles. The molecule has 0 saturated carbocycles. The van der Waals surface area contributed by atoms with Crippen molar-refractivity contribution in [2.75, 3.05) is 19.7 Å². The molecule has 2 unspecified atom stereocenters. The van der Waals surface area contributed by atoms with Gasteiger partial charge in [-0.2, -0.15) is 4.98 Å². The smallest absolute Gasteiger partial charge is 0.318 e. The molecule has 3 heterocycles. The number of ether oxygens (including phenoxy) is 1. The van der Waals surface area contributed by atoms with Crippen molar-refractivity contribution < 1.29 is 18.5 Å². The Morgan fingerprint density at radius 2 is 2.16 bits per heavy atom. The van der Waals surface area contributed by atoms with Gasteiger partial charge in [0.1, 0.15) is 23.7 Å². The second-order valence-electron chi connectivity index (χ2n) is 6.60. The molecule has 0 aromatic carbocycles. The van der Waals surface area contributed by atoms with Crippen LogP contribution in [0, 0.1) is 19.8 Å². The third-order valence-corrected chi connectivity index (χ3v) is 4.19. The number of amides is 2. The topological polar surface area (TPSA) is 93.6 Å². The number of hydrogen-bond donors (Lipinski definition) is 1. The molecule has 3 rings (SSSR count). The van der Waals surface area contributed by atoms with Crippen LogP contribution in [0.1, 0.15) is 49.2 Å². The van der Waals surface area contributed by atoms with E-state index in [-0.39, 0.29) is 24.1 Å². The van der Waals surface area contributed by atoms with Crippen molar-refractivity contribution in [1.82, 2.24) is 20.4 Å². The molecule has 0 radical (unpaired) electrons. The number of hydrogen-bond acceptors (Lipinski definition) is 6. The van der Waals surface area contributed by atoms with Crippen LogP contribution in [-0.2, 0) is 4.74 Å². The fourth-order valence-corrected chi connectivity index (χ4v) is 2.81. The number of aromatic nitrogens is 2. The molecule has 136 valence electrons. The first-order chi connectivity index (χ1) is 11.9. The predicted octanol–water partition coefficient (Wildman–Crippen LogP) is 2.76. The average Bonchev–Trinajstić information content (AvgIpc) is 3.20. The number of nitrogens with one attached hydrogen (secondary N) is 1. The Balaban J connectivity index is 1.67. The van der Waals surface area contributed by atoms with Crippen LogP contribution in [-0.4, -0.2) is 40.8 Å². The summed E-state index contributed by atoms with van der Waals surface area (Å²) in [4.78, 5) is 18.7. The van der Waals surface area contributed by atoms with Crippen LogP contribution in [0.25, 0.3) is 0 Å². The van der Waals surface area contributed by atoms with Gasteiger partial charge in [0, 0.05) is 6.54 Å². The zero-order valence-corrected chi connectivity index (χ0v) is 15.0. The third kappa shape index (κ3) is 4.01. The number of carbonyl (C=O) groups excluding carboxylic acids is 1. The van der Waals surface area contributed by atoms with E-state index in [9.17, 15) is 4.79 Å². The van der Waals surface area contributed by atoms with Crippen molar-refractivity contribution in [1.29, 1.82) is 0 Å². The second-order valence-corrected chi connectivity index (χ2v) is 6.60. The van der Waals surface area contributed by atoms with Crippen molar-refractivity contribution in [3.05, 3.63) is 35.4 Å². The predicted molar refractivity (Wildman–Crippen MR) is 88.9 cm³/mol. The zero-order valence-electron chi connectivity index (χ0n) is 15.0. The highest BCUT2D eigenvalue weighted by atomic mass is 16.5. The maximum absolute atomic E-state index is 12.7. The highest BCUT2D eigenvalue weighted by Crippen LogP contribution is 2.25. The fourth-order valence-electron chi connectivity index (χ4n) is 2.81. The molecular weight excluding hydrogens is 324 g/mol. The molecule has 1 fully saturated rings. The minimum absolute atomic E-state index is 0.119. The van der Waals surface area contributed by atoms with Crippen LogP contribution in [0.3, 0.4) is 0 Å². The first-order valence-electron chi connectivity index (χ1n) is 8.47. The lowest BCUT2D eigenvalue weighted by Crippen LogP contribution is -2.48. The van der Waals surface area contributed by atoms with Gasteiger partial charge in [-0.1, -0.05) is 19.0 Å². The van der Waals surface area contributed by atoms with E-state index in [4.69, 9.17) is 13.7 Å². The van der Waals surface area contributed by atoms with Gasteiger partial charge in [-0.05, 0) is 31.9 Å². The average molecular weight is 348 g/mol. The SMILES string of the molecule is Cc1noc(C(NC(=O)N2CCOC(c3ccc(C)o3)C2)C(C)C)n1. The van der Waals surface area contributed by atoms with E-state index in [1.54, 1.807) is 11.8 Å². The third-order valence-electron chi connectivity index (χ3n) is 4.19. The summed E-state index contributed by atoms with van der Waals surface area (Å²) < 4.78 is 16.6. The van der Waals surface area contributed by atoms with Crippen molar-refractivity contribution in [2.24, 2.45) is 5.92 Å². The molecule has 0 spiro atoms. The van der Waals surface area contributed by atoms with Gasteiger partial charge in [-0.3, -0.25) is 0 Å². The van der Waals surface area contributed by atoms with Gasteiger partial charge in [-0.25, -0.2) is 4.79 Å². The van der Waals surface area contributed by atoms with E-state index in [1.165, 1.54) is 0 Å². The maximum atomic E-state index is 12.7. The quantitative estimate of drug-likeness (QED) is 0.913. The Morgan fingerprint density at radius 3 is 2.76 bits per heavy atom. The minimum atomic E-state index is -0.333. The number of urea groups is 1. The normalized spacial score (nSPS) is 19.2. The molecule has 8 heteroatoms. The zero-order chi connectivity index (χ0) is 18.0. The van der Waals surface area contributed by atoms with E-state index >= 15 is 0 Å². The lowest BCUT2D eigenvalue weighted by atomic mass is 10.0. The number of furan rings is 1. The summed E-state index contributed by atoms with van der Waals surface area (Å²) in [6.07, 6.45) is -0.253. The highest BCUT2D eigenvalue weighted by Gasteiger charge is 2.31. The largest absolute Gasteiger partial charge is 0.464 e. The van der Waals surface area contributed by atoms with Gasteiger partial charge in [0.25, 0.3) is 0 Å². The summed E-state index contributed by atoms with van der Waals surface area (Å²) >= 11 is 0. The molecule has 1 saturated heterocycles. The number of morpholine rings is 1. The molecule has 0 bridgehead atoms. The summed E-state index contributed by atoms with van der Waals surface area (Å²) in [5.74, 6) is 2.66. The summed E-state index contributed by atoms with van der Waals surface area (Å²) in [5, 5.41) is 6.81. The molecule has 1 aliphatic rings. The Kier molecular flexibility index (Phi) is 5.08. The highest BCUT2D eigenvalue weighted by molar-refractivity contribution is 5.74. The first kappa shape index (κ1) is 17.5. The number of rotatable bonds is 4. The molecule has 2 aromatic heterocycles. The summed E-state index contributed by atoms with van der Waals surface area (Å²) in [7, 11) is 0. The summed E-state index contributed by atoms with van der Waals surface area (Å²) in [6.45, 7) is 9.06. The van der Waals surface area contributed by atoms with Crippen molar-refractivity contribution >= 4 is 6.03 Å². The molecule has 2 atom stereocenters. The molecule has 8 nitrogen and oxygen atoms in total. The van der Waals surface area contributed by atoms with Gasteiger partial charge in [0.05, 0.1) is 13.2 Å². The Hall–Kier alpha value is -2.35. The molecular formula is C17H24N4O4. The van der Waals surface area contributed by atoms with E-state index in [0.29, 0.717) is 31.4 Å². The van der Waals surface area contributed by atoms with Crippen molar-refractivity contribution in [3.63, 3.8) is 0 Å². The Bertz CT molecular complexity index is 724. The van der Waals surface area contributed by atoms with E-state index < -0.39 is 0 Å². The van der Waals surface area contributed by atoms with Crippen LogP contribution >= 0.6 is 0 Å². The van der Waals surface area contributed by atoms with E-state index in [1.807, 2.05) is 32.9 Å². The minimum Gasteiger partial charge on any atom is -0.464 e. The maximum Gasteiger partial charge on any atom is 0.318 e. The fraction of sp³-hybridized carbons (Fsp3) is 0.588. The lowest BCUT2D eigenvalue weighted by Gasteiger charge is -2.33. The van der Waals surface area contributed by atoms with Gasteiger partial charge in [-0.15, -0.1) is 0 Å². The van der Waals surface area contributed by atoms with Gasteiger partial charge in [0.15, 0.2) is 5.82 Å². The van der Waals surface area contributed by atoms with Crippen LogP contribution < -0.4 is 5.32 Å². The van der Waals surface area contributed by atoms with Crippen LogP contribution in [0.15, 0.2) is 21.1 Å². The van der Waals surface area contributed by atoms with Crippen LogP contribution in [0.5, 0.6) is 0 Å². The Labute approximate surface area is 146 Å². The molecule has 1 aliphatic heterocycles. The Morgan fingerprint density at radius 1 is 1.36 bits per heavy atom. The number of nitrogens with zero attached hydrogens (tertiary/aromatic N) is 3.